The van der Waals surface area contributed by atoms with E-state index in [4.69, 9.17) is 16.0 Å². The molecule has 0 aliphatic heterocycles. The van der Waals surface area contributed by atoms with Gasteiger partial charge in [0.2, 0.25) is 5.89 Å². The van der Waals surface area contributed by atoms with Crippen LogP contribution >= 0.6 is 11.6 Å². The van der Waals surface area contributed by atoms with Crippen LogP contribution in [0.2, 0.25) is 5.02 Å². The molecule has 2 N–H and O–H groups in total. The zero-order chi connectivity index (χ0) is 25.8. The van der Waals surface area contributed by atoms with E-state index < -0.39 is 30.1 Å². The molecule has 0 aliphatic rings. The van der Waals surface area contributed by atoms with E-state index in [0.29, 0.717) is 39.6 Å². The Bertz CT molecular complexity index is 1380. The second-order valence-electron chi connectivity index (χ2n) is 7.88. The topological polar surface area (TPSA) is 71.4 Å². The third-order valence-corrected chi connectivity index (χ3v) is 6.01. The molecule has 0 fully saturated rings. The van der Waals surface area contributed by atoms with Crippen LogP contribution in [0, 0.1) is 6.92 Å². The van der Waals surface area contributed by atoms with Gasteiger partial charge in [0.1, 0.15) is 12.3 Å². The maximum absolute atomic E-state index is 13.3. The van der Waals surface area contributed by atoms with Crippen molar-refractivity contribution in [1.82, 2.24) is 9.55 Å². The first-order valence-corrected chi connectivity index (χ1v) is 10.5. The van der Waals surface area contributed by atoms with Crippen LogP contribution in [0.4, 0.5) is 26.3 Å². The normalized spacial score (nSPS) is 13.1. The van der Waals surface area contributed by atoms with Gasteiger partial charge in [-0.05, 0) is 37.3 Å². The summed E-state index contributed by atoms with van der Waals surface area (Å²) in [5.74, 6) is 0.271. The van der Waals surface area contributed by atoms with Gasteiger partial charge in [0.15, 0.2) is 5.76 Å². The van der Waals surface area contributed by atoms with E-state index in [2.05, 4.69) is 4.98 Å². The molecule has 0 spiro atoms. The number of benzene rings is 2. The van der Waals surface area contributed by atoms with Gasteiger partial charge >= 0.3 is 12.4 Å². The van der Waals surface area contributed by atoms with Gasteiger partial charge in [0.25, 0.3) is 5.60 Å². The summed E-state index contributed by atoms with van der Waals surface area (Å²) in [7, 11) is 0. The number of rotatable bonds is 5. The molecule has 35 heavy (non-hydrogen) atoms. The first-order chi connectivity index (χ1) is 16.3. The van der Waals surface area contributed by atoms with E-state index in [1.54, 1.807) is 35.8 Å². The maximum atomic E-state index is 13.3. The summed E-state index contributed by atoms with van der Waals surface area (Å²) in [6.07, 6.45) is -12.0. The number of oxazole rings is 1. The van der Waals surface area contributed by atoms with Gasteiger partial charge in [-0.15, -0.1) is 0 Å². The monoisotopic (exact) mass is 518 g/mol. The maximum Gasteiger partial charge on any atom is 0.430 e. The van der Waals surface area contributed by atoms with Crippen molar-refractivity contribution in [1.29, 1.82) is 0 Å². The fourth-order valence-electron chi connectivity index (χ4n) is 3.86. The number of halogens is 7. The van der Waals surface area contributed by atoms with Crippen LogP contribution in [-0.2, 0) is 18.8 Å². The lowest BCUT2D eigenvalue weighted by atomic mass is 9.91. The molecule has 0 unspecified atom stereocenters. The molecule has 0 atom stereocenters. The quantitative estimate of drug-likeness (QED) is 0.313. The minimum atomic E-state index is -5.98. The van der Waals surface area contributed by atoms with Crippen molar-refractivity contribution >= 4 is 22.5 Å². The van der Waals surface area contributed by atoms with E-state index >= 15 is 0 Å². The fourth-order valence-corrected chi connectivity index (χ4v) is 4.08. The van der Waals surface area contributed by atoms with Crippen LogP contribution in [0.3, 0.4) is 0 Å². The molecule has 0 saturated heterocycles. The average Bonchev–Trinajstić information content (AvgIpc) is 3.32. The van der Waals surface area contributed by atoms with Gasteiger partial charge in [0, 0.05) is 22.2 Å². The summed E-state index contributed by atoms with van der Waals surface area (Å²) in [5.41, 5.74) is -4.80. The molecule has 0 radical (unpaired) electrons. The first-order valence-electron chi connectivity index (χ1n) is 10.1. The molecule has 0 amide bonds. The van der Waals surface area contributed by atoms with E-state index in [0.717, 1.165) is 6.07 Å². The molecular formula is C23H17ClF6N2O3. The number of hydrogen-bond donors (Lipinski definition) is 2. The standard InChI is InChI=1S/C23H17ClF6N2O3/c1-12-8-13-9-14(21(34,22(25,26)27)23(28,29)30)6-7-18(13)32(12)10-17-19(11-33)35-20(31-17)15-4-2-3-5-16(15)24/h2-9,33-34H,10-11H2,1H3. The summed E-state index contributed by atoms with van der Waals surface area (Å²) < 4.78 is 86.9. The van der Waals surface area contributed by atoms with Crippen molar-refractivity contribution in [3.05, 3.63) is 76.3 Å². The molecule has 5 nitrogen and oxygen atoms in total. The number of aliphatic hydroxyl groups is 2. The number of nitrogens with zero attached hydrogens (tertiary/aromatic N) is 2. The third kappa shape index (κ3) is 4.17. The van der Waals surface area contributed by atoms with E-state index in [9.17, 15) is 36.6 Å². The Kier molecular flexibility index (Phi) is 6.15. The fraction of sp³-hybridized carbons (Fsp3) is 0.261. The summed E-state index contributed by atoms with van der Waals surface area (Å²) in [6, 6.07) is 10.4. The van der Waals surface area contributed by atoms with Crippen molar-refractivity contribution < 1.29 is 41.0 Å². The van der Waals surface area contributed by atoms with E-state index in [1.165, 1.54) is 6.07 Å². The number of aliphatic hydroxyl groups excluding tert-OH is 1. The van der Waals surface area contributed by atoms with Crippen LogP contribution in [-0.4, -0.2) is 32.1 Å². The Labute approximate surface area is 199 Å². The number of alkyl halides is 6. The third-order valence-electron chi connectivity index (χ3n) is 5.68. The molecule has 0 aliphatic carbocycles. The Morgan fingerprint density at radius 1 is 1.00 bits per heavy atom. The van der Waals surface area contributed by atoms with E-state index in [-0.39, 0.29) is 23.6 Å². The molecule has 2 aromatic heterocycles. The smallest absolute Gasteiger partial charge is 0.430 e. The van der Waals surface area contributed by atoms with Crippen molar-refractivity contribution in [3.63, 3.8) is 0 Å². The van der Waals surface area contributed by atoms with Crippen LogP contribution in [0.15, 0.2) is 52.9 Å². The van der Waals surface area contributed by atoms with Crippen LogP contribution in [0.25, 0.3) is 22.4 Å². The molecule has 0 bridgehead atoms. The summed E-state index contributed by atoms with van der Waals surface area (Å²) >= 11 is 6.18. The van der Waals surface area contributed by atoms with Crippen molar-refractivity contribution in [2.24, 2.45) is 0 Å². The van der Waals surface area contributed by atoms with Gasteiger partial charge < -0.3 is 19.2 Å². The van der Waals surface area contributed by atoms with Crippen molar-refractivity contribution in [2.45, 2.75) is 38.0 Å². The van der Waals surface area contributed by atoms with Gasteiger partial charge in [-0.3, -0.25) is 0 Å². The average molecular weight is 519 g/mol. The highest BCUT2D eigenvalue weighted by Crippen LogP contribution is 2.50. The van der Waals surface area contributed by atoms with E-state index in [1.807, 2.05) is 0 Å². The Balaban J connectivity index is 1.78. The highest BCUT2D eigenvalue weighted by molar-refractivity contribution is 6.33. The molecule has 2 aromatic carbocycles. The summed E-state index contributed by atoms with van der Waals surface area (Å²) in [6.45, 7) is 1.10. The zero-order valence-corrected chi connectivity index (χ0v) is 18.6. The van der Waals surface area contributed by atoms with Crippen LogP contribution in [0.1, 0.15) is 22.7 Å². The zero-order valence-electron chi connectivity index (χ0n) is 17.9. The van der Waals surface area contributed by atoms with Gasteiger partial charge in [-0.25, -0.2) is 4.98 Å². The lowest BCUT2D eigenvalue weighted by molar-refractivity contribution is -0.376. The number of aryl methyl sites for hydroxylation is 1. The predicted molar refractivity (Wildman–Crippen MR) is 115 cm³/mol. The summed E-state index contributed by atoms with van der Waals surface area (Å²) in [4.78, 5) is 4.39. The highest BCUT2D eigenvalue weighted by Gasteiger charge is 2.71. The van der Waals surface area contributed by atoms with Gasteiger partial charge in [-0.2, -0.15) is 26.3 Å². The number of fused-ring (bicyclic) bond motifs is 1. The second-order valence-corrected chi connectivity index (χ2v) is 8.29. The molecule has 2 heterocycles. The molecular weight excluding hydrogens is 502 g/mol. The Morgan fingerprint density at radius 2 is 1.66 bits per heavy atom. The molecule has 186 valence electrons. The molecule has 4 aromatic rings. The SMILES string of the molecule is Cc1cc2cc(C(O)(C(F)(F)F)C(F)(F)F)ccc2n1Cc1nc(-c2ccccc2Cl)oc1CO. The van der Waals surface area contributed by atoms with Crippen molar-refractivity contribution in [2.75, 3.05) is 0 Å². The van der Waals surface area contributed by atoms with Crippen molar-refractivity contribution in [3.8, 4) is 11.5 Å². The Morgan fingerprint density at radius 3 is 2.26 bits per heavy atom. The largest absolute Gasteiger partial charge is 0.438 e. The van der Waals surface area contributed by atoms with Crippen LogP contribution < -0.4 is 0 Å². The van der Waals surface area contributed by atoms with Gasteiger partial charge in [-0.1, -0.05) is 29.8 Å². The lowest BCUT2D eigenvalue weighted by Gasteiger charge is -2.32. The molecule has 4 rings (SSSR count). The minimum Gasteiger partial charge on any atom is -0.438 e. The minimum absolute atomic E-state index is 0.00132. The molecule has 0 saturated carbocycles. The number of hydrogen-bond acceptors (Lipinski definition) is 4. The second kappa shape index (κ2) is 8.58. The Hall–Kier alpha value is -3.02. The predicted octanol–water partition coefficient (Wildman–Crippen LogP) is 6.11. The summed E-state index contributed by atoms with van der Waals surface area (Å²) in [5, 5.41) is 19.8. The van der Waals surface area contributed by atoms with Crippen LogP contribution in [0.5, 0.6) is 0 Å². The number of aromatic nitrogens is 2. The first kappa shape index (κ1) is 25.1. The molecule has 12 heteroatoms. The lowest BCUT2D eigenvalue weighted by Crippen LogP contribution is -2.53. The van der Waals surface area contributed by atoms with Gasteiger partial charge in [0.05, 0.1) is 17.1 Å². The highest BCUT2D eigenvalue weighted by atomic mass is 35.5.